The zero-order valence-electron chi connectivity index (χ0n) is 14.4. The van der Waals surface area contributed by atoms with Crippen LogP contribution in [-0.2, 0) is 11.3 Å². The van der Waals surface area contributed by atoms with Gasteiger partial charge in [0, 0.05) is 38.1 Å². The third kappa shape index (κ3) is 3.79. The van der Waals surface area contributed by atoms with Gasteiger partial charge in [0.1, 0.15) is 0 Å². The number of hydrogen-bond donors (Lipinski definition) is 1. The van der Waals surface area contributed by atoms with Gasteiger partial charge in [-0.2, -0.15) is 0 Å². The summed E-state index contributed by atoms with van der Waals surface area (Å²) in [6.07, 6.45) is 5.87. The van der Waals surface area contributed by atoms with Gasteiger partial charge in [-0.3, -0.25) is 9.36 Å². The molecule has 0 bridgehead atoms. The summed E-state index contributed by atoms with van der Waals surface area (Å²) in [6.45, 7) is 2.71. The predicted molar refractivity (Wildman–Crippen MR) is 95.5 cm³/mol. The smallest absolute Gasteiger partial charge is 0.408 e. The average Bonchev–Trinajstić information content (AvgIpc) is 3.41. The number of carbonyl (C=O) groups excluding carboxylic acids is 1. The molecular weight excluding hydrogens is 318 g/mol. The largest absolute Gasteiger partial charge is 0.419 e. The Labute approximate surface area is 146 Å². The predicted octanol–water partition coefficient (Wildman–Crippen LogP) is 2.12. The molecule has 1 aromatic heterocycles. The molecule has 4 rings (SSSR count). The lowest BCUT2D eigenvalue weighted by molar-refractivity contribution is -0.122. The van der Waals surface area contributed by atoms with E-state index in [-0.39, 0.29) is 11.7 Å². The molecule has 1 saturated heterocycles. The van der Waals surface area contributed by atoms with Crippen LogP contribution in [0.2, 0.25) is 0 Å². The second-order valence-electron chi connectivity index (χ2n) is 7.20. The Morgan fingerprint density at radius 3 is 2.68 bits per heavy atom. The Bertz CT molecular complexity index is 798. The van der Waals surface area contributed by atoms with Crippen LogP contribution in [-0.4, -0.2) is 40.5 Å². The minimum atomic E-state index is -0.353. The van der Waals surface area contributed by atoms with Gasteiger partial charge in [-0.05, 0) is 44.2 Å². The van der Waals surface area contributed by atoms with Gasteiger partial charge < -0.3 is 14.6 Å². The molecule has 0 atom stereocenters. The maximum absolute atomic E-state index is 12.2. The Balaban J connectivity index is 1.23. The second-order valence-corrected chi connectivity index (χ2v) is 7.20. The third-order valence-corrected chi connectivity index (χ3v) is 5.32. The highest BCUT2D eigenvalue weighted by Crippen LogP contribution is 2.29. The molecule has 2 aromatic rings. The van der Waals surface area contributed by atoms with E-state index in [1.54, 1.807) is 10.6 Å². The maximum atomic E-state index is 12.2. The van der Waals surface area contributed by atoms with Gasteiger partial charge in [0.05, 0.1) is 5.52 Å². The average molecular weight is 343 g/mol. The summed E-state index contributed by atoms with van der Waals surface area (Å²) < 4.78 is 6.82. The standard InChI is InChI=1S/C19H25N3O3/c23-18(20-14-9-12-21(13-10-14)15-7-8-15)6-3-11-22-16-4-1-2-5-17(16)25-19(22)24/h1-2,4-5,14-15H,3,6-13H2,(H,20,23). The highest BCUT2D eigenvalue weighted by atomic mass is 16.4. The monoisotopic (exact) mass is 343 g/mol. The van der Waals surface area contributed by atoms with Crippen molar-refractivity contribution in [3.63, 3.8) is 0 Å². The van der Waals surface area contributed by atoms with Gasteiger partial charge in [-0.15, -0.1) is 0 Å². The van der Waals surface area contributed by atoms with E-state index in [4.69, 9.17) is 4.42 Å². The molecule has 2 heterocycles. The maximum Gasteiger partial charge on any atom is 0.419 e. The van der Waals surface area contributed by atoms with Crippen molar-refractivity contribution >= 4 is 17.0 Å². The number of piperidine rings is 1. The summed E-state index contributed by atoms with van der Waals surface area (Å²) in [5.74, 6) is -0.264. The van der Waals surface area contributed by atoms with Gasteiger partial charge >= 0.3 is 5.76 Å². The first-order valence-corrected chi connectivity index (χ1v) is 9.32. The number of rotatable bonds is 6. The lowest BCUT2D eigenvalue weighted by Crippen LogP contribution is -2.45. The fourth-order valence-corrected chi connectivity index (χ4v) is 3.77. The lowest BCUT2D eigenvalue weighted by atomic mass is 10.0. The van der Waals surface area contributed by atoms with Crippen molar-refractivity contribution in [3.8, 4) is 0 Å². The van der Waals surface area contributed by atoms with E-state index in [9.17, 15) is 9.59 Å². The molecule has 0 unspecified atom stereocenters. The molecule has 2 aliphatic rings. The number of nitrogens with zero attached hydrogens (tertiary/aromatic N) is 2. The van der Waals surface area contributed by atoms with Gasteiger partial charge in [0.25, 0.3) is 0 Å². The first kappa shape index (κ1) is 16.4. The number of nitrogens with one attached hydrogen (secondary N) is 1. The van der Waals surface area contributed by atoms with Crippen molar-refractivity contribution in [1.82, 2.24) is 14.8 Å². The Hall–Kier alpha value is -2.08. The normalized spacial score (nSPS) is 19.4. The Kier molecular flexibility index (Phi) is 4.61. The number of aryl methyl sites for hydroxylation is 1. The molecule has 6 heteroatoms. The SMILES string of the molecule is O=C(CCCn1c(=O)oc2ccccc21)NC1CCN(C2CC2)CC1. The molecule has 1 aromatic carbocycles. The molecule has 1 aliphatic carbocycles. The van der Waals surface area contributed by atoms with Crippen LogP contribution in [0.5, 0.6) is 0 Å². The quantitative estimate of drug-likeness (QED) is 0.872. The molecule has 134 valence electrons. The second kappa shape index (κ2) is 7.04. The number of amides is 1. The van der Waals surface area contributed by atoms with Crippen LogP contribution in [0.4, 0.5) is 0 Å². The highest BCUT2D eigenvalue weighted by Gasteiger charge is 2.31. The van der Waals surface area contributed by atoms with E-state index >= 15 is 0 Å². The van der Waals surface area contributed by atoms with E-state index in [2.05, 4.69) is 10.2 Å². The number of fused-ring (bicyclic) bond motifs is 1. The molecular formula is C19H25N3O3. The minimum absolute atomic E-state index is 0.0886. The summed E-state index contributed by atoms with van der Waals surface area (Å²) >= 11 is 0. The molecule has 0 radical (unpaired) electrons. The van der Waals surface area contributed by atoms with Crippen LogP contribution in [0.25, 0.3) is 11.1 Å². The van der Waals surface area contributed by atoms with Crippen LogP contribution >= 0.6 is 0 Å². The molecule has 6 nitrogen and oxygen atoms in total. The van der Waals surface area contributed by atoms with Crippen molar-refractivity contribution in [3.05, 3.63) is 34.8 Å². The van der Waals surface area contributed by atoms with Crippen molar-refractivity contribution in [2.75, 3.05) is 13.1 Å². The molecule has 1 aliphatic heterocycles. The van der Waals surface area contributed by atoms with Crippen molar-refractivity contribution in [1.29, 1.82) is 0 Å². The molecule has 0 spiro atoms. The minimum Gasteiger partial charge on any atom is -0.408 e. The molecule has 2 fully saturated rings. The topological polar surface area (TPSA) is 67.5 Å². The molecule has 1 amide bonds. The lowest BCUT2D eigenvalue weighted by Gasteiger charge is -2.32. The number of para-hydroxylation sites is 2. The molecule has 1 N–H and O–H groups in total. The molecule has 1 saturated carbocycles. The summed E-state index contributed by atoms with van der Waals surface area (Å²) in [5, 5.41) is 3.15. The summed E-state index contributed by atoms with van der Waals surface area (Å²) in [5.41, 5.74) is 1.39. The fourth-order valence-electron chi connectivity index (χ4n) is 3.77. The summed E-state index contributed by atoms with van der Waals surface area (Å²) in [6, 6.07) is 8.51. The summed E-state index contributed by atoms with van der Waals surface area (Å²) in [7, 11) is 0. The van der Waals surface area contributed by atoms with Crippen molar-refractivity contribution in [2.45, 2.75) is 57.2 Å². The Morgan fingerprint density at radius 1 is 1.16 bits per heavy atom. The fraction of sp³-hybridized carbons (Fsp3) is 0.579. The van der Waals surface area contributed by atoms with E-state index in [0.717, 1.165) is 37.5 Å². The number of oxazole rings is 1. The zero-order valence-corrected chi connectivity index (χ0v) is 14.4. The number of hydrogen-bond acceptors (Lipinski definition) is 4. The van der Waals surface area contributed by atoms with E-state index in [1.807, 2.05) is 18.2 Å². The van der Waals surface area contributed by atoms with Crippen LogP contribution in [0, 0.1) is 0 Å². The van der Waals surface area contributed by atoms with Crippen LogP contribution in [0.15, 0.2) is 33.5 Å². The van der Waals surface area contributed by atoms with E-state index < -0.39 is 0 Å². The van der Waals surface area contributed by atoms with Crippen LogP contribution in [0.3, 0.4) is 0 Å². The highest BCUT2D eigenvalue weighted by molar-refractivity contribution is 5.76. The zero-order chi connectivity index (χ0) is 17.2. The van der Waals surface area contributed by atoms with E-state index in [0.29, 0.717) is 31.0 Å². The first-order valence-electron chi connectivity index (χ1n) is 9.32. The van der Waals surface area contributed by atoms with Gasteiger partial charge in [-0.1, -0.05) is 12.1 Å². The van der Waals surface area contributed by atoms with Crippen molar-refractivity contribution < 1.29 is 9.21 Å². The van der Waals surface area contributed by atoms with Gasteiger partial charge in [-0.25, -0.2) is 4.79 Å². The summed E-state index contributed by atoms with van der Waals surface area (Å²) in [4.78, 5) is 26.6. The van der Waals surface area contributed by atoms with Crippen LogP contribution < -0.4 is 11.1 Å². The van der Waals surface area contributed by atoms with Gasteiger partial charge in [0.2, 0.25) is 5.91 Å². The van der Waals surface area contributed by atoms with Gasteiger partial charge in [0.15, 0.2) is 5.58 Å². The first-order chi connectivity index (χ1) is 12.2. The van der Waals surface area contributed by atoms with Crippen LogP contribution in [0.1, 0.15) is 38.5 Å². The number of likely N-dealkylation sites (tertiary alicyclic amines) is 1. The third-order valence-electron chi connectivity index (χ3n) is 5.32. The van der Waals surface area contributed by atoms with Crippen molar-refractivity contribution in [2.24, 2.45) is 0 Å². The number of benzene rings is 1. The number of carbonyl (C=O) groups is 1. The van der Waals surface area contributed by atoms with E-state index in [1.165, 1.54) is 12.8 Å². The Morgan fingerprint density at radius 2 is 1.92 bits per heavy atom. The molecule has 25 heavy (non-hydrogen) atoms. The number of aromatic nitrogens is 1.